The van der Waals surface area contributed by atoms with Crippen LogP contribution in [-0.4, -0.2) is 31.7 Å². The van der Waals surface area contributed by atoms with E-state index in [9.17, 15) is 0 Å². The minimum atomic E-state index is 0.697. The molecular formula is C14H22N2O. The molecule has 0 aliphatic carbocycles. The lowest BCUT2D eigenvalue weighted by Gasteiger charge is -2.32. The van der Waals surface area contributed by atoms with Gasteiger partial charge in [-0.25, -0.2) is 0 Å². The van der Waals surface area contributed by atoms with Crippen LogP contribution in [0.5, 0.6) is 0 Å². The average molecular weight is 234 g/mol. The molecule has 1 aliphatic rings. The summed E-state index contributed by atoms with van der Waals surface area (Å²) in [6.45, 7) is 4.27. The zero-order valence-corrected chi connectivity index (χ0v) is 10.6. The van der Waals surface area contributed by atoms with E-state index in [2.05, 4.69) is 17.0 Å². The van der Waals surface area contributed by atoms with Crippen molar-refractivity contribution in [1.82, 2.24) is 4.90 Å². The van der Waals surface area contributed by atoms with Gasteiger partial charge in [-0.1, -0.05) is 12.1 Å². The molecule has 1 unspecified atom stereocenters. The van der Waals surface area contributed by atoms with E-state index >= 15 is 0 Å². The van der Waals surface area contributed by atoms with E-state index in [0.717, 1.165) is 25.4 Å². The molecule has 1 aromatic carbocycles. The number of nitrogens with zero attached hydrogens (tertiary/aromatic N) is 1. The van der Waals surface area contributed by atoms with Crippen LogP contribution in [0, 0.1) is 5.92 Å². The molecule has 1 saturated heterocycles. The highest BCUT2D eigenvalue weighted by Gasteiger charge is 2.19. The molecule has 2 N–H and O–H groups in total. The number of nitrogens with two attached hydrogens (primary N) is 1. The highest BCUT2D eigenvalue weighted by molar-refractivity contribution is 5.39. The molecule has 94 valence electrons. The van der Waals surface area contributed by atoms with Crippen molar-refractivity contribution in [3.8, 4) is 0 Å². The van der Waals surface area contributed by atoms with Crippen LogP contribution in [0.3, 0.4) is 0 Å². The van der Waals surface area contributed by atoms with Gasteiger partial charge >= 0.3 is 0 Å². The summed E-state index contributed by atoms with van der Waals surface area (Å²) in [7, 11) is 1.79. The Morgan fingerprint density at radius 1 is 1.35 bits per heavy atom. The number of methoxy groups -OCH3 is 1. The van der Waals surface area contributed by atoms with Gasteiger partial charge in [0.25, 0.3) is 0 Å². The van der Waals surface area contributed by atoms with E-state index in [0.29, 0.717) is 5.92 Å². The van der Waals surface area contributed by atoms with Crippen molar-refractivity contribution in [3.63, 3.8) is 0 Å². The van der Waals surface area contributed by atoms with Gasteiger partial charge in [0, 0.05) is 25.9 Å². The van der Waals surface area contributed by atoms with E-state index < -0.39 is 0 Å². The van der Waals surface area contributed by atoms with E-state index in [-0.39, 0.29) is 0 Å². The number of piperidine rings is 1. The molecule has 1 fully saturated rings. The van der Waals surface area contributed by atoms with Crippen molar-refractivity contribution >= 4 is 5.69 Å². The van der Waals surface area contributed by atoms with Gasteiger partial charge in [0.2, 0.25) is 0 Å². The molecule has 1 atom stereocenters. The van der Waals surface area contributed by atoms with Crippen LogP contribution in [0.15, 0.2) is 24.3 Å². The van der Waals surface area contributed by atoms with Crippen molar-refractivity contribution in [2.75, 3.05) is 32.5 Å². The fourth-order valence-corrected chi connectivity index (χ4v) is 2.55. The average Bonchev–Trinajstić information content (AvgIpc) is 2.33. The summed E-state index contributed by atoms with van der Waals surface area (Å²) in [4.78, 5) is 2.51. The Morgan fingerprint density at radius 2 is 2.12 bits per heavy atom. The predicted molar refractivity (Wildman–Crippen MR) is 70.7 cm³/mol. The predicted octanol–water partition coefficient (Wildman–Crippen LogP) is 2.13. The first-order valence-electron chi connectivity index (χ1n) is 6.33. The molecule has 0 aromatic heterocycles. The Bertz CT molecular complexity index is 335. The summed E-state index contributed by atoms with van der Waals surface area (Å²) in [6, 6.07) is 8.20. The Morgan fingerprint density at radius 3 is 2.82 bits per heavy atom. The van der Waals surface area contributed by atoms with Gasteiger partial charge in [-0.3, -0.25) is 4.90 Å². The first-order valence-corrected chi connectivity index (χ1v) is 6.33. The summed E-state index contributed by atoms with van der Waals surface area (Å²) >= 11 is 0. The van der Waals surface area contributed by atoms with Crippen molar-refractivity contribution in [3.05, 3.63) is 29.8 Å². The zero-order chi connectivity index (χ0) is 12.1. The van der Waals surface area contributed by atoms with Gasteiger partial charge < -0.3 is 10.5 Å². The third-order valence-corrected chi connectivity index (χ3v) is 3.39. The highest BCUT2D eigenvalue weighted by Crippen LogP contribution is 2.19. The topological polar surface area (TPSA) is 38.5 Å². The SMILES string of the molecule is COCC1CCCN(Cc2ccc(N)cc2)C1. The minimum absolute atomic E-state index is 0.697. The number of rotatable bonds is 4. The monoisotopic (exact) mass is 234 g/mol. The first kappa shape index (κ1) is 12.4. The second-order valence-electron chi connectivity index (χ2n) is 4.94. The number of hydrogen-bond donors (Lipinski definition) is 1. The quantitative estimate of drug-likeness (QED) is 0.811. The highest BCUT2D eigenvalue weighted by atomic mass is 16.5. The molecule has 0 bridgehead atoms. The molecule has 2 rings (SSSR count). The number of ether oxygens (including phenoxy) is 1. The molecule has 17 heavy (non-hydrogen) atoms. The van der Waals surface area contributed by atoms with E-state index in [1.54, 1.807) is 7.11 Å². The second kappa shape index (κ2) is 6.03. The number of nitrogen functional groups attached to an aromatic ring is 1. The van der Waals surface area contributed by atoms with Gasteiger partial charge in [-0.2, -0.15) is 0 Å². The smallest absolute Gasteiger partial charge is 0.0502 e. The van der Waals surface area contributed by atoms with Crippen molar-refractivity contribution in [2.24, 2.45) is 5.92 Å². The number of likely N-dealkylation sites (tertiary alicyclic amines) is 1. The van der Waals surface area contributed by atoms with Crippen LogP contribution in [0.25, 0.3) is 0 Å². The summed E-state index contributed by atoms with van der Waals surface area (Å²) in [5.74, 6) is 0.697. The molecule has 0 radical (unpaired) electrons. The number of anilines is 1. The zero-order valence-electron chi connectivity index (χ0n) is 10.6. The summed E-state index contributed by atoms with van der Waals surface area (Å²) in [6.07, 6.45) is 2.58. The normalized spacial score (nSPS) is 21.6. The summed E-state index contributed by atoms with van der Waals surface area (Å²) in [5, 5.41) is 0. The number of hydrogen-bond acceptors (Lipinski definition) is 3. The molecule has 1 aliphatic heterocycles. The minimum Gasteiger partial charge on any atom is -0.399 e. The van der Waals surface area contributed by atoms with Crippen molar-refractivity contribution < 1.29 is 4.74 Å². The molecule has 0 spiro atoms. The van der Waals surface area contributed by atoms with Crippen LogP contribution >= 0.6 is 0 Å². The van der Waals surface area contributed by atoms with Crippen LogP contribution in [0.4, 0.5) is 5.69 Å². The van der Waals surface area contributed by atoms with Crippen LogP contribution in [-0.2, 0) is 11.3 Å². The van der Waals surface area contributed by atoms with Gasteiger partial charge in [0.1, 0.15) is 0 Å². The molecule has 1 aromatic rings. The fraction of sp³-hybridized carbons (Fsp3) is 0.571. The van der Waals surface area contributed by atoms with E-state index in [1.807, 2.05) is 12.1 Å². The van der Waals surface area contributed by atoms with Crippen LogP contribution < -0.4 is 5.73 Å². The second-order valence-corrected chi connectivity index (χ2v) is 4.94. The van der Waals surface area contributed by atoms with Gasteiger partial charge in [-0.05, 0) is 43.0 Å². The lowest BCUT2D eigenvalue weighted by atomic mass is 9.98. The Hall–Kier alpha value is -1.06. The maximum Gasteiger partial charge on any atom is 0.0502 e. The van der Waals surface area contributed by atoms with E-state index in [1.165, 1.54) is 24.9 Å². The number of benzene rings is 1. The summed E-state index contributed by atoms with van der Waals surface area (Å²) in [5.41, 5.74) is 7.87. The largest absolute Gasteiger partial charge is 0.399 e. The Labute approximate surface area is 104 Å². The molecule has 0 amide bonds. The third kappa shape index (κ3) is 3.72. The lowest BCUT2D eigenvalue weighted by molar-refractivity contribution is 0.0874. The molecular weight excluding hydrogens is 212 g/mol. The molecule has 0 saturated carbocycles. The maximum absolute atomic E-state index is 5.69. The Kier molecular flexibility index (Phi) is 4.40. The van der Waals surface area contributed by atoms with E-state index in [4.69, 9.17) is 10.5 Å². The van der Waals surface area contributed by atoms with Crippen molar-refractivity contribution in [1.29, 1.82) is 0 Å². The summed E-state index contributed by atoms with van der Waals surface area (Å²) < 4.78 is 5.25. The fourth-order valence-electron chi connectivity index (χ4n) is 2.55. The van der Waals surface area contributed by atoms with Gasteiger partial charge in [0.15, 0.2) is 0 Å². The first-order chi connectivity index (χ1) is 8.28. The Balaban J connectivity index is 1.87. The van der Waals surface area contributed by atoms with Crippen LogP contribution in [0.1, 0.15) is 18.4 Å². The standard InChI is InChI=1S/C14H22N2O/c1-17-11-13-3-2-8-16(10-13)9-12-4-6-14(15)7-5-12/h4-7,13H,2-3,8-11,15H2,1H3. The van der Waals surface area contributed by atoms with Crippen LogP contribution in [0.2, 0.25) is 0 Å². The third-order valence-electron chi connectivity index (χ3n) is 3.39. The van der Waals surface area contributed by atoms with Gasteiger partial charge in [-0.15, -0.1) is 0 Å². The van der Waals surface area contributed by atoms with Gasteiger partial charge in [0.05, 0.1) is 6.61 Å². The maximum atomic E-state index is 5.69. The molecule has 3 nitrogen and oxygen atoms in total. The lowest BCUT2D eigenvalue weighted by Crippen LogP contribution is -2.36. The molecule has 3 heteroatoms. The molecule has 1 heterocycles. The van der Waals surface area contributed by atoms with Crippen molar-refractivity contribution in [2.45, 2.75) is 19.4 Å².